The first-order chi connectivity index (χ1) is 8.25. The van der Waals surface area contributed by atoms with Crippen LogP contribution in [0.2, 0.25) is 0 Å². The van der Waals surface area contributed by atoms with Gasteiger partial charge in [-0.05, 0) is 36.6 Å². The molecule has 1 aliphatic rings. The summed E-state index contributed by atoms with van der Waals surface area (Å²) in [6.07, 6.45) is 4.52. The van der Waals surface area contributed by atoms with Crippen LogP contribution in [0.15, 0.2) is 17.5 Å². The summed E-state index contributed by atoms with van der Waals surface area (Å²) in [5, 5.41) is 8.05. The number of hydrogen-bond donors (Lipinski definition) is 2. The molecule has 1 aliphatic carbocycles. The summed E-state index contributed by atoms with van der Waals surface area (Å²) < 4.78 is 0. The predicted molar refractivity (Wildman–Crippen MR) is 71.4 cm³/mol. The van der Waals surface area contributed by atoms with Crippen LogP contribution in [0, 0.1) is 5.92 Å². The largest absolute Gasteiger partial charge is 0.338 e. The summed E-state index contributed by atoms with van der Waals surface area (Å²) in [6.45, 7) is 2.93. The molecule has 1 aromatic heterocycles. The van der Waals surface area contributed by atoms with Crippen molar-refractivity contribution in [2.45, 2.75) is 38.6 Å². The van der Waals surface area contributed by atoms with Gasteiger partial charge in [0.2, 0.25) is 0 Å². The van der Waals surface area contributed by atoms with E-state index in [-0.39, 0.29) is 6.03 Å². The first-order valence-electron chi connectivity index (χ1n) is 6.32. The van der Waals surface area contributed by atoms with Crippen LogP contribution < -0.4 is 10.6 Å². The number of carbonyl (C=O) groups excluding carboxylic acids is 1. The number of hydrogen-bond acceptors (Lipinski definition) is 2. The van der Waals surface area contributed by atoms with Crippen LogP contribution in [0.1, 0.15) is 31.1 Å². The smallest absolute Gasteiger partial charge is 0.315 e. The van der Waals surface area contributed by atoms with E-state index in [1.807, 2.05) is 6.07 Å². The Kier molecular flexibility index (Phi) is 4.42. The van der Waals surface area contributed by atoms with Crippen molar-refractivity contribution in [1.29, 1.82) is 0 Å². The fourth-order valence-electron chi connectivity index (χ4n) is 2.33. The highest BCUT2D eigenvalue weighted by Crippen LogP contribution is 2.24. The summed E-state index contributed by atoms with van der Waals surface area (Å²) in [7, 11) is 0. The molecule has 1 aromatic rings. The Labute approximate surface area is 107 Å². The predicted octanol–water partition coefficient (Wildman–Crippen LogP) is 2.78. The van der Waals surface area contributed by atoms with Gasteiger partial charge in [-0.1, -0.05) is 19.4 Å². The van der Waals surface area contributed by atoms with E-state index in [1.54, 1.807) is 11.3 Å². The molecule has 2 N–H and O–H groups in total. The fraction of sp³-hybridized carbons (Fsp3) is 0.615. The molecular formula is C13H20N2OS. The molecular weight excluding hydrogens is 232 g/mol. The molecule has 2 unspecified atom stereocenters. The van der Waals surface area contributed by atoms with E-state index in [1.165, 1.54) is 17.7 Å². The molecule has 0 spiro atoms. The Bertz CT molecular complexity index is 350. The lowest BCUT2D eigenvalue weighted by atomic mass is 10.1. The van der Waals surface area contributed by atoms with E-state index in [2.05, 4.69) is 29.0 Å². The van der Waals surface area contributed by atoms with Gasteiger partial charge in [-0.2, -0.15) is 0 Å². The maximum atomic E-state index is 11.7. The van der Waals surface area contributed by atoms with Gasteiger partial charge >= 0.3 is 6.03 Å². The van der Waals surface area contributed by atoms with Gasteiger partial charge in [0, 0.05) is 17.5 Å². The summed E-state index contributed by atoms with van der Waals surface area (Å²) in [6, 6.07) is 4.50. The van der Waals surface area contributed by atoms with Crippen LogP contribution in [-0.2, 0) is 6.42 Å². The van der Waals surface area contributed by atoms with Crippen molar-refractivity contribution >= 4 is 17.4 Å². The molecule has 4 heteroatoms. The standard InChI is InChI=1S/C13H20N2OS/c1-10-4-2-6-12(10)15-13(16)14-8-7-11-5-3-9-17-11/h3,5,9-10,12H,2,4,6-8H2,1H3,(H2,14,15,16). The van der Waals surface area contributed by atoms with E-state index in [0.717, 1.165) is 12.8 Å². The minimum atomic E-state index is -0.0136. The number of thiophene rings is 1. The maximum absolute atomic E-state index is 11.7. The lowest BCUT2D eigenvalue weighted by Gasteiger charge is -2.17. The maximum Gasteiger partial charge on any atom is 0.315 e. The number of amides is 2. The average molecular weight is 252 g/mol. The average Bonchev–Trinajstić information content (AvgIpc) is 2.92. The minimum absolute atomic E-state index is 0.0136. The molecule has 1 saturated carbocycles. The summed E-state index contributed by atoms with van der Waals surface area (Å²) >= 11 is 1.74. The van der Waals surface area contributed by atoms with Crippen molar-refractivity contribution in [1.82, 2.24) is 10.6 Å². The highest BCUT2D eigenvalue weighted by Gasteiger charge is 2.24. The molecule has 0 bridgehead atoms. The summed E-state index contributed by atoms with van der Waals surface area (Å²) in [4.78, 5) is 13.0. The lowest BCUT2D eigenvalue weighted by molar-refractivity contribution is 0.234. The topological polar surface area (TPSA) is 41.1 Å². The molecule has 2 amide bonds. The molecule has 0 aliphatic heterocycles. The number of carbonyl (C=O) groups is 1. The first-order valence-corrected chi connectivity index (χ1v) is 7.20. The van der Waals surface area contributed by atoms with Crippen molar-refractivity contribution < 1.29 is 4.79 Å². The van der Waals surface area contributed by atoms with Crippen LogP contribution in [0.4, 0.5) is 4.79 Å². The minimum Gasteiger partial charge on any atom is -0.338 e. The normalized spacial score (nSPS) is 23.6. The zero-order chi connectivity index (χ0) is 12.1. The van der Waals surface area contributed by atoms with Crippen molar-refractivity contribution in [3.63, 3.8) is 0 Å². The second-order valence-electron chi connectivity index (χ2n) is 4.74. The Hall–Kier alpha value is -1.03. The third-order valence-corrected chi connectivity index (χ3v) is 4.35. The molecule has 94 valence electrons. The van der Waals surface area contributed by atoms with Gasteiger partial charge in [0.15, 0.2) is 0 Å². The van der Waals surface area contributed by atoms with Crippen molar-refractivity contribution in [2.75, 3.05) is 6.54 Å². The van der Waals surface area contributed by atoms with Gasteiger partial charge in [-0.15, -0.1) is 11.3 Å². The molecule has 2 rings (SSSR count). The van der Waals surface area contributed by atoms with E-state index in [4.69, 9.17) is 0 Å². The van der Waals surface area contributed by atoms with Gasteiger partial charge < -0.3 is 10.6 Å². The third-order valence-electron chi connectivity index (χ3n) is 3.42. The number of rotatable bonds is 4. The van der Waals surface area contributed by atoms with Crippen molar-refractivity contribution in [3.05, 3.63) is 22.4 Å². The van der Waals surface area contributed by atoms with Crippen LogP contribution in [0.5, 0.6) is 0 Å². The SMILES string of the molecule is CC1CCCC1NC(=O)NCCc1cccs1. The van der Waals surface area contributed by atoms with E-state index in [0.29, 0.717) is 18.5 Å². The van der Waals surface area contributed by atoms with Crippen LogP contribution in [0.25, 0.3) is 0 Å². The number of nitrogens with one attached hydrogen (secondary N) is 2. The van der Waals surface area contributed by atoms with Gasteiger partial charge in [0.25, 0.3) is 0 Å². The molecule has 1 fully saturated rings. The lowest BCUT2D eigenvalue weighted by Crippen LogP contribution is -2.43. The molecule has 0 saturated heterocycles. The second kappa shape index (κ2) is 6.05. The summed E-state index contributed by atoms with van der Waals surface area (Å²) in [5.41, 5.74) is 0. The van der Waals surface area contributed by atoms with Crippen LogP contribution in [0.3, 0.4) is 0 Å². The van der Waals surface area contributed by atoms with Crippen LogP contribution in [-0.4, -0.2) is 18.6 Å². The van der Waals surface area contributed by atoms with Gasteiger partial charge in [0.05, 0.1) is 0 Å². The molecule has 2 atom stereocenters. The molecule has 0 aromatic carbocycles. The molecule has 3 nitrogen and oxygen atoms in total. The zero-order valence-electron chi connectivity index (χ0n) is 10.2. The first kappa shape index (κ1) is 12.4. The Balaban J connectivity index is 1.64. The molecule has 0 radical (unpaired) electrons. The Morgan fingerprint density at radius 3 is 3.06 bits per heavy atom. The van der Waals surface area contributed by atoms with E-state index >= 15 is 0 Å². The van der Waals surface area contributed by atoms with Gasteiger partial charge in [-0.25, -0.2) is 4.79 Å². The van der Waals surface area contributed by atoms with Crippen LogP contribution >= 0.6 is 11.3 Å². The monoisotopic (exact) mass is 252 g/mol. The highest BCUT2D eigenvalue weighted by atomic mass is 32.1. The fourth-order valence-corrected chi connectivity index (χ4v) is 3.04. The van der Waals surface area contributed by atoms with Crippen molar-refractivity contribution in [2.24, 2.45) is 5.92 Å². The van der Waals surface area contributed by atoms with Gasteiger partial charge in [-0.3, -0.25) is 0 Å². The zero-order valence-corrected chi connectivity index (χ0v) is 11.1. The molecule has 1 heterocycles. The highest BCUT2D eigenvalue weighted by molar-refractivity contribution is 7.09. The van der Waals surface area contributed by atoms with Gasteiger partial charge in [0.1, 0.15) is 0 Å². The van der Waals surface area contributed by atoms with E-state index in [9.17, 15) is 4.79 Å². The Morgan fingerprint density at radius 2 is 2.41 bits per heavy atom. The summed E-state index contributed by atoms with van der Waals surface area (Å²) in [5.74, 6) is 0.623. The number of urea groups is 1. The Morgan fingerprint density at radius 1 is 1.53 bits per heavy atom. The quantitative estimate of drug-likeness (QED) is 0.850. The third kappa shape index (κ3) is 3.73. The second-order valence-corrected chi connectivity index (χ2v) is 5.78. The molecule has 17 heavy (non-hydrogen) atoms. The van der Waals surface area contributed by atoms with Crippen molar-refractivity contribution in [3.8, 4) is 0 Å². The van der Waals surface area contributed by atoms with E-state index < -0.39 is 0 Å².